The maximum absolute atomic E-state index is 13.8. The minimum atomic E-state index is -0.577. The number of fused-ring (bicyclic) bond motifs is 2. The van der Waals surface area contributed by atoms with Gasteiger partial charge in [0, 0.05) is 55.9 Å². The lowest BCUT2D eigenvalue weighted by Gasteiger charge is -2.35. The molecule has 9 heteroatoms. The first-order chi connectivity index (χ1) is 20.6. The number of benzene rings is 1. The summed E-state index contributed by atoms with van der Waals surface area (Å²) in [5.74, 6) is 0.500. The summed E-state index contributed by atoms with van der Waals surface area (Å²) in [6, 6.07) is 8.53. The number of hydrogen-bond acceptors (Lipinski definition) is 5. The van der Waals surface area contributed by atoms with Gasteiger partial charge < -0.3 is 19.5 Å². The van der Waals surface area contributed by atoms with Crippen molar-refractivity contribution in [1.82, 2.24) is 29.5 Å². The average Bonchev–Trinajstić information content (AvgIpc) is 3.39. The number of carbonyl (C=O) groups excluding carboxylic acids is 2. The molecule has 1 saturated heterocycles. The molecule has 0 bridgehead atoms. The first kappa shape index (κ1) is 27.7. The van der Waals surface area contributed by atoms with Crippen LogP contribution in [0.25, 0.3) is 22.2 Å². The Kier molecular flexibility index (Phi) is 6.59. The fraction of sp³-hybridized carbons (Fsp3) is 0.471. The van der Waals surface area contributed by atoms with Crippen LogP contribution in [-0.2, 0) is 24.8 Å². The van der Waals surface area contributed by atoms with E-state index in [1.807, 2.05) is 56.1 Å². The number of nitrogens with one attached hydrogen (secondary N) is 1. The van der Waals surface area contributed by atoms with Gasteiger partial charge in [-0.25, -0.2) is 9.78 Å². The largest absolute Gasteiger partial charge is 0.444 e. The van der Waals surface area contributed by atoms with Crippen LogP contribution < -0.4 is 0 Å². The van der Waals surface area contributed by atoms with Crippen LogP contribution in [-0.4, -0.2) is 60.2 Å². The molecule has 9 nitrogen and oxygen atoms in total. The van der Waals surface area contributed by atoms with Crippen LogP contribution in [0.4, 0.5) is 4.79 Å². The lowest BCUT2D eigenvalue weighted by molar-refractivity contribution is 0.0222. The van der Waals surface area contributed by atoms with Crippen LogP contribution in [0.3, 0.4) is 0 Å². The van der Waals surface area contributed by atoms with E-state index in [4.69, 9.17) is 9.72 Å². The van der Waals surface area contributed by atoms with Crippen molar-refractivity contribution in [3.8, 4) is 11.1 Å². The normalized spacial score (nSPS) is 18.8. The Hall–Kier alpha value is -4.14. The highest BCUT2D eigenvalue weighted by molar-refractivity contribution is 5.93. The predicted octanol–water partition coefficient (Wildman–Crippen LogP) is 6.42. The van der Waals surface area contributed by atoms with Gasteiger partial charge >= 0.3 is 6.09 Å². The number of likely N-dealkylation sites (tertiary alicyclic amines) is 1. The monoisotopic (exact) mass is 580 g/mol. The molecule has 4 aromatic rings. The summed E-state index contributed by atoms with van der Waals surface area (Å²) in [5.41, 5.74) is 8.71. The predicted molar refractivity (Wildman–Crippen MR) is 165 cm³/mol. The molecule has 0 spiro atoms. The van der Waals surface area contributed by atoms with Crippen molar-refractivity contribution in [2.45, 2.75) is 83.9 Å². The maximum Gasteiger partial charge on any atom is 0.410 e. The van der Waals surface area contributed by atoms with E-state index in [-0.39, 0.29) is 18.0 Å². The number of nitrogens with zero attached hydrogens (tertiary/aromatic N) is 5. The molecule has 2 amide bonds. The van der Waals surface area contributed by atoms with E-state index >= 15 is 0 Å². The second-order valence-corrected chi connectivity index (χ2v) is 13.5. The SMILES string of the molecule is Cc1c[nH]c2ncc(-c3cc4c(c(C5CCCN5C(=O)OC(C)(C)C)c3)CN(C(=O)c3cc(C5CC5)nn3C)CC4)cc12. The van der Waals surface area contributed by atoms with Crippen LogP contribution >= 0.6 is 0 Å². The Morgan fingerprint density at radius 2 is 1.86 bits per heavy atom. The number of ether oxygens (including phenoxy) is 1. The van der Waals surface area contributed by atoms with Crippen LogP contribution in [0.1, 0.15) is 96.9 Å². The summed E-state index contributed by atoms with van der Waals surface area (Å²) < 4.78 is 7.58. The second-order valence-electron chi connectivity index (χ2n) is 13.5. The number of carbonyl (C=O) groups is 2. The quantitative estimate of drug-likeness (QED) is 0.301. The number of rotatable bonds is 4. The fourth-order valence-corrected chi connectivity index (χ4v) is 6.69. The lowest BCUT2D eigenvalue weighted by Crippen LogP contribution is -2.39. The zero-order chi connectivity index (χ0) is 30.0. The molecule has 224 valence electrons. The van der Waals surface area contributed by atoms with Gasteiger partial charge in [0.15, 0.2) is 0 Å². The van der Waals surface area contributed by atoms with E-state index in [9.17, 15) is 9.59 Å². The third-order valence-corrected chi connectivity index (χ3v) is 9.09. The minimum Gasteiger partial charge on any atom is -0.444 e. The van der Waals surface area contributed by atoms with Crippen molar-refractivity contribution < 1.29 is 14.3 Å². The zero-order valence-corrected chi connectivity index (χ0v) is 25.7. The molecule has 5 heterocycles. The first-order valence-corrected chi connectivity index (χ1v) is 15.5. The van der Waals surface area contributed by atoms with Gasteiger partial charge in [0.1, 0.15) is 16.9 Å². The maximum atomic E-state index is 13.8. The van der Waals surface area contributed by atoms with Crippen LogP contribution in [0.15, 0.2) is 36.7 Å². The highest BCUT2D eigenvalue weighted by Gasteiger charge is 2.37. The van der Waals surface area contributed by atoms with Gasteiger partial charge in [-0.2, -0.15) is 5.10 Å². The van der Waals surface area contributed by atoms with Crippen LogP contribution in [0.2, 0.25) is 0 Å². The van der Waals surface area contributed by atoms with E-state index in [0.717, 1.165) is 76.6 Å². The molecule has 1 N–H and O–H groups in total. The van der Waals surface area contributed by atoms with Gasteiger partial charge in [0.2, 0.25) is 0 Å². The molecule has 1 aliphatic carbocycles. The van der Waals surface area contributed by atoms with Gasteiger partial charge in [0.05, 0.1) is 11.7 Å². The molecule has 2 fully saturated rings. The van der Waals surface area contributed by atoms with Crippen molar-refractivity contribution in [2.75, 3.05) is 13.1 Å². The fourth-order valence-electron chi connectivity index (χ4n) is 6.69. The number of pyridine rings is 1. The Labute approximate surface area is 252 Å². The summed E-state index contributed by atoms with van der Waals surface area (Å²) >= 11 is 0. The first-order valence-electron chi connectivity index (χ1n) is 15.5. The van der Waals surface area contributed by atoms with Crippen molar-refractivity contribution in [2.24, 2.45) is 7.05 Å². The topological polar surface area (TPSA) is 96.3 Å². The van der Waals surface area contributed by atoms with Crippen LogP contribution in [0.5, 0.6) is 0 Å². The molecule has 3 aromatic heterocycles. The molecular formula is C34H40N6O3. The third-order valence-electron chi connectivity index (χ3n) is 9.09. The van der Waals surface area contributed by atoms with E-state index in [1.54, 1.807) is 4.68 Å². The number of amides is 2. The van der Waals surface area contributed by atoms with Crippen molar-refractivity contribution in [3.63, 3.8) is 0 Å². The summed E-state index contributed by atoms with van der Waals surface area (Å²) in [6.07, 6.45) is 8.41. The highest BCUT2D eigenvalue weighted by Crippen LogP contribution is 2.42. The van der Waals surface area contributed by atoms with Crippen molar-refractivity contribution in [3.05, 3.63) is 70.3 Å². The molecule has 1 saturated carbocycles. The number of aromatic nitrogens is 4. The van der Waals surface area contributed by atoms with E-state index in [2.05, 4.69) is 35.2 Å². The molecule has 43 heavy (non-hydrogen) atoms. The van der Waals surface area contributed by atoms with Gasteiger partial charge in [-0.3, -0.25) is 9.48 Å². The average molecular weight is 581 g/mol. The van der Waals surface area contributed by atoms with E-state index < -0.39 is 5.60 Å². The standard InChI is InChI=1S/C34H40N6O3/c1-20-17-35-31-25(20)15-24(18-36-31)23-13-22-10-12-39(32(41)30-16-28(21-8-9-21)37-38(30)5)19-27(22)26(14-23)29-7-6-11-40(29)33(42)43-34(2,3)4/h13-18,21,29H,6-12,19H2,1-5H3,(H,35,36). The van der Waals surface area contributed by atoms with Gasteiger partial charge in [-0.1, -0.05) is 6.07 Å². The summed E-state index contributed by atoms with van der Waals surface area (Å²) in [4.78, 5) is 39.0. The Bertz CT molecular complexity index is 1740. The molecule has 3 aliphatic rings. The lowest BCUT2D eigenvalue weighted by atomic mass is 9.86. The number of H-pyrrole nitrogens is 1. The number of hydrogen-bond donors (Lipinski definition) is 1. The Morgan fingerprint density at radius 1 is 1.05 bits per heavy atom. The highest BCUT2D eigenvalue weighted by atomic mass is 16.6. The molecule has 1 aromatic carbocycles. The molecule has 2 aliphatic heterocycles. The summed E-state index contributed by atoms with van der Waals surface area (Å²) in [5, 5.41) is 5.75. The smallest absolute Gasteiger partial charge is 0.410 e. The van der Waals surface area contributed by atoms with Crippen LogP contribution in [0, 0.1) is 6.92 Å². The summed E-state index contributed by atoms with van der Waals surface area (Å²) in [6.45, 7) is 9.58. The van der Waals surface area contributed by atoms with Crippen molar-refractivity contribution in [1.29, 1.82) is 0 Å². The summed E-state index contributed by atoms with van der Waals surface area (Å²) in [7, 11) is 1.86. The van der Waals surface area contributed by atoms with Gasteiger partial charge in [-0.15, -0.1) is 0 Å². The minimum absolute atomic E-state index is 0.00980. The molecular weight excluding hydrogens is 540 g/mol. The molecule has 7 rings (SSSR count). The Morgan fingerprint density at radius 3 is 2.63 bits per heavy atom. The van der Waals surface area contributed by atoms with Crippen molar-refractivity contribution >= 4 is 23.0 Å². The van der Waals surface area contributed by atoms with Gasteiger partial charge in [-0.05, 0) is 106 Å². The molecule has 1 atom stereocenters. The van der Waals surface area contributed by atoms with E-state index in [1.165, 1.54) is 5.56 Å². The number of aromatic amines is 1. The molecule has 1 unspecified atom stereocenters. The third kappa shape index (κ3) is 5.19. The second kappa shape index (κ2) is 10.2. The van der Waals surface area contributed by atoms with Gasteiger partial charge in [0.25, 0.3) is 5.91 Å². The number of aryl methyl sites for hydroxylation is 2. The van der Waals surface area contributed by atoms with E-state index in [0.29, 0.717) is 31.2 Å². The Balaban J connectivity index is 1.28. The molecule has 0 radical (unpaired) electrons. The zero-order valence-electron chi connectivity index (χ0n) is 25.7.